The van der Waals surface area contributed by atoms with E-state index in [4.69, 9.17) is 4.74 Å². The summed E-state index contributed by atoms with van der Waals surface area (Å²) < 4.78 is 20.9. The van der Waals surface area contributed by atoms with Crippen LogP contribution in [0.1, 0.15) is 24.2 Å². The molecule has 0 saturated carbocycles. The first-order valence-corrected chi connectivity index (χ1v) is 7.72. The van der Waals surface area contributed by atoms with Crippen molar-refractivity contribution in [3.05, 3.63) is 71.9 Å². The Morgan fingerprint density at radius 2 is 2.08 bits per heavy atom. The monoisotopic (exact) mass is 326 g/mol. The van der Waals surface area contributed by atoms with Gasteiger partial charge in [-0.05, 0) is 31.2 Å². The van der Waals surface area contributed by atoms with E-state index in [1.54, 1.807) is 24.5 Å². The summed E-state index contributed by atoms with van der Waals surface area (Å²) in [6.45, 7) is 2.64. The van der Waals surface area contributed by atoms with E-state index in [1.165, 1.54) is 12.1 Å². The summed E-state index contributed by atoms with van der Waals surface area (Å²) >= 11 is 0. The number of hydrogen-bond donors (Lipinski definition) is 1. The third kappa shape index (κ3) is 3.78. The summed E-state index contributed by atoms with van der Waals surface area (Å²) in [7, 11) is 1.91. The van der Waals surface area contributed by atoms with E-state index in [-0.39, 0.29) is 11.9 Å². The van der Waals surface area contributed by atoms with Crippen molar-refractivity contribution >= 4 is 0 Å². The summed E-state index contributed by atoms with van der Waals surface area (Å²) in [6.07, 6.45) is 3.43. The van der Waals surface area contributed by atoms with Crippen molar-refractivity contribution in [1.29, 1.82) is 0 Å². The Morgan fingerprint density at radius 3 is 2.83 bits per heavy atom. The van der Waals surface area contributed by atoms with Gasteiger partial charge in [0.15, 0.2) is 0 Å². The van der Waals surface area contributed by atoms with Crippen LogP contribution >= 0.6 is 0 Å². The highest BCUT2D eigenvalue weighted by Gasteiger charge is 2.11. The van der Waals surface area contributed by atoms with E-state index in [1.807, 2.05) is 29.9 Å². The molecule has 3 rings (SSSR count). The van der Waals surface area contributed by atoms with Gasteiger partial charge >= 0.3 is 0 Å². The van der Waals surface area contributed by atoms with Crippen LogP contribution in [0.5, 0.6) is 11.6 Å². The van der Waals surface area contributed by atoms with E-state index >= 15 is 0 Å². The van der Waals surface area contributed by atoms with Gasteiger partial charge < -0.3 is 10.1 Å². The molecule has 5 nitrogen and oxygen atoms in total. The minimum Gasteiger partial charge on any atom is -0.439 e. The predicted molar refractivity (Wildman–Crippen MR) is 89.2 cm³/mol. The molecule has 0 aliphatic heterocycles. The molecular weight excluding hydrogens is 307 g/mol. The SMILES string of the molecule is CC(NCc1cccnc1Oc1cccc(F)c1)c1ccnn1C. The summed E-state index contributed by atoms with van der Waals surface area (Å²) in [5.41, 5.74) is 1.99. The molecule has 6 heteroatoms. The zero-order chi connectivity index (χ0) is 16.9. The average molecular weight is 326 g/mol. The Kier molecular flexibility index (Phi) is 4.86. The number of benzene rings is 1. The van der Waals surface area contributed by atoms with Gasteiger partial charge in [-0.25, -0.2) is 9.37 Å². The van der Waals surface area contributed by atoms with Crippen LogP contribution in [-0.2, 0) is 13.6 Å². The van der Waals surface area contributed by atoms with Crippen molar-refractivity contribution in [2.45, 2.75) is 19.5 Å². The quantitative estimate of drug-likeness (QED) is 0.752. The lowest BCUT2D eigenvalue weighted by molar-refractivity contribution is 0.443. The molecule has 1 aromatic carbocycles. The highest BCUT2D eigenvalue weighted by atomic mass is 19.1. The topological polar surface area (TPSA) is 52.0 Å². The van der Waals surface area contributed by atoms with E-state index in [0.717, 1.165) is 11.3 Å². The van der Waals surface area contributed by atoms with Gasteiger partial charge in [-0.3, -0.25) is 4.68 Å². The lowest BCUT2D eigenvalue weighted by Crippen LogP contribution is -2.20. The van der Waals surface area contributed by atoms with E-state index in [9.17, 15) is 4.39 Å². The number of pyridine rings is 1. The fourth-order valence-electron chi connectivity index (χ4n) is 2.47. The zero-order valence-corrected chi connectivity index (χ0v) is 13.6. The number of nitrogens with zero attached hydrogens (tertiary/aromatic N) is 3. The molecular formula is C18H19FN4O. The van der Waals surface area contributed by atoms with Crippen molar-refractivity contribution in [2.75, 3.05) is 0 Å². The molecule has 0 aliphatic carbocycles. The van der Waals surface area contributed by atoms with Crippen LogP contribution in [0, 0.1) is 5.82 Å². The lowest BCUT2D eigenvalue weighted by atomic mass is 10.2. The van der Waals surface area contributed by atoms with Crippen LogP contribution in [0.3, 0.4) is 0 Å². The predicted octanol–water partition coefficient (Wildman–Crippen LogP) is 3.60. The molecule has 124 valence electrons. The number of rotatable bonds is 6. The lowest BCUT2D eigenvalue weighted by Gasteiger charge is -2.16. The fraction of sp³-hybridized carbons (Fsp3) is 0.222. The van der Waals surface area contributed by atoms with Gasteiger partial charge in [0.1, 0.15) is 11.6 Å². The molecule has 0 amide bonds. The van der Waals surface area contributed by atoms with Gasteiger partial charge in [0.2, 0.25) is 5.88 Å². The second-order valence-electron chi connectivity index (χ2n) is 5.51. The van der Waals surface area contributed by atoms with Gasteiger partial charge in [0.05, 0.1) is 5.69 Å². The Balaban J connectivity index is 1.71. The van der Waals surface area contributed by atoms with Crippen LogP contribution in [0.25, 0.3) is 0 Å². The molecule has 1 unspecified atom stereocenters. The maximum Gasteiger partial charge on any atom is 0.223 e. The number of hydrogen-bond acceptors (Lipinski definition) is 4. The maximum absolute atomic E-state index is 13.3. The Labute approximate surface area is 140 Å². The smallest absolute Gasteiger partial charge is 0.223 e. The summed E-state index contributed by atoms with van der Waals surface area (Å²) in [5, 5.41) is 7.60. The third-order valence-corrected chi connectivity index (χ3v) is 3.76. The van der Waals surface area contributed by atoms with Crippen molar-refractivity contribution in [3.63, 3.8) is 0 Å². The number of aryl methyl sites for hydroxylation is 1. The average Bonchev–Trinajstić information content (AvgIpc) is 3.00. The molecule has 1 atom stereocenters. The minimum absolute atomic E-state index is 0.125. The zero-order valence-electron chi connectivity index (χ0n) is 13.6. The van der Waals surface area contributed by atoms with Crippen molar-refractivity contribution < 1.29 is 9.13 Å². The first-order valence-electron chi connectivity index (χ1n) is 7.72. The summed E-state index contributed by atoms with van der Waals surface area (Å²) in [6, 6.07) is 11.9. The van der Waals surface area contributed by atoms with E-state index in [2.05, 4.69) is 22.3 Å². The number of halogens is 1. The highest BCUT2D eigenvalue weighted by Crippen LogP contribution is 2.24. The second kappa shape index (κ2) is 7.23. The number of aromatic nitrogens is 3. The van der Waals surface area contributed by atoms with E-state index < -0.39 is 0 Å². The first kappa shape index (κ1) is 16.1. The Hall–Kier alpha value is -2.73. The molecule has 1 N–H and O–H groups in total. The molecule has 3 aromatic rings. The van der Waals surface area contributed by atoms with Gasteiger partial charge in [0, 0.05) is 43.7 Å². The maximum atomic E-state index is 13.3. The molecule has 2 aromatic heterocycles. The number of ether oxygens (including phenoxy) is 1. The fourth-order valence-corrected chi connectivity index (χ4v) is 2.47. The van der Waals surface area contributed by atoms with Crippen LogP contribution < -0.4 is 10.1 Å². The van der Waals surface area contributed by atoms with Crippen molar-refractivity contribution in [2.24, 2.45) is 7.05 Å². The largest absolute Gasteiger partial charge is 0.439 e. The molecule has 0 saturated heterocycles. The van der Waals surface area contributed by atoms with Crippen molar-refractivity contribution in [1.82, 2.24) is 20.1 Å². The minimum atomic E-state index is -0.340. The highest BCUT2D eigenvalue weighted by molar-refractivity contribution is 5.32. The second-order valence-corrected chi connectivity index (χ2v) is 5.51. The van der Waals surface area contributed by atoms with Crippen LogP contribution in [0.4, 0.5) is 4.39 Å². The molecule has 0 spiro atoms. The molecule has 24 heavy (non-hydrogen) atoms. The molecule has 0 radical (unpaired) electrons. The van der Waals surface area contributed by atoms with E-state index in [0.29, 0.717) is 18.2 Å². The van der Waals surface area contributed by atoms with Gasteiger partial charge in [-0.1, -0.05) is 12.1 Å². The standard InChI is InChI=1S/C18H19FN4O/c1-13(17-8-10-22-23(17)2)21-12-14-5-4-9-20-18(14)24-16-7-3-6-15(19)11-16/h3-11,13,21H,12H2,1-2H3. The van der Waals surface area contributed by atoms with Gasteiger partial charge in [-0.2, -0.15) is 5.10 Å². The van der Waals surface area contributed by atoms with Gasteiger partial charge in [0.25, 0.3) is 0 Å². The van der Waals surface area contributed by atoms with Crippen LogP contribution in [0.15, 0.2) is 54.9 Å². The van der Waals surface area contributed by atoms with Crippen molar-refractivity contribution in [3.8, 4) is 11.6 Å². The summed E-state index contributed by atoms with van der Waals surface area (Å²) in [5.74, 6) is 0.551. The first-order chi connectivity index (χ1) is 11.6. The number of nitrogens with one attached hydrogen (secondary N) is 1. The molecule has 0 fully saturated rings. The Bertz CT molecular complexity index is 818. The Morgan fingerprint density at radius 1 is 1.21 bits per heavy atom. The third-order valence-electron chi connectivity index (χ3n) is 3.76. The normalized spacial score (nSPS) is 12.1. The van der Waals surface area contributed by atoms with Crippen LogP contribution in [-0.4, -0.2) is 14.8 Å². The molecule has 0 aliphatic rings. The molecule has 2 heterocycles. The summed E-state index contributed by atoms with van der Waals surface area (Å²) in [4.78, 5) is 4.26. The van der Waals surface area contributed by atoms with Gasteiger partial charge in [-0.15, -0.1) is 0 Å². The van der Waals surface area contributed by atoms with Crippen LogP contribution in [0.2, 0.25) is 0 Å². The molecule has 0 bridgehead atoms.